The van der Waals surface area contributed by atoms with Crippen LogP contribution in [-0.4, -0.2) is 49.8 Å². The monoisotopic (exact) mass is 546 g/mol. The van der Waals surface area contributed by atoms with Crippen molar-refractivity contribution in [2.45, 2.75) is 64.2 Å². The third kappa shape index (κ3) is 5.56. The highest BCUT2D eigenvalue weighted by Gasteiger charge is 2.35. The maximum Gasteiger partial charge on any atom is 0.250 e. The van der Waals surface area contributed by atoms with Gasteiger partial charge in [-0.15, -0.1) is 10.2 Å². The average molecular weight is 547 g/mol. The fourth-order valence-electron chi connectivity index (χ4n) is 5.13. The number of nitrogens with one attached hydrogen (secondary N) is 1. The zero-order chi connectivity index (χ0) is 27.5. The summed E-state index contributed by atoms with van der Waals surface area (Å²) in [6, 6.07) is 11.4. The Hall–Kier alpha value is -4.61. The van der Waals surface area contributed by atoms with Crippen molar-refractivity contribution in [1.82, 2.24) is 30.4 Å². The predicted molar refractivity (Wildman–Crippen MR) is 140 cm³/mol. The molecule has 1 aliphatic carbocycles. The van der Waals surface area contributed by atoms with Crippen molar-refractivity contribution in [2.75, 3.05) is 6.79 Å². The van der Waals surface area contributed by atoms with Crippen LogP contribution in [0.1, 0.15) is 55.2 Å². The normalized spacial score (nSPS) is 15.6. The number of furan rings is 2. The Bertz CT molecular complexity index is 1470. The van der Waals surface area contributed by atoms with Crippen LogP contribution in [-0.2, 0) is 22.7 Å². The summed E-state index contributed by atoms with van der Waals surface area (Å²) < 4.78 is 22.3. The number of tetrazole rings is 1. The van der Waals surface area contributed by atoms with Gasteiger partial charge in [0, 0.05) is 12.6 Å². The van der Waals surface area contributed by atoms with Crippen LogP contribution in [0.3, 0.4) is 0 Å². The predicted octanol–water partition coefficient (Wildman–Crippen LogP) is 3.78. The van der Waals surface area contributed by atoms with E-state index in [1.165, 1.54) is 16.0 Å². The van der Waals surface area contributed by atoms with Crippen molar-refractivity contribution in [1.29, 1.82) is 0 Å². The molecule has 1 N–H and O–H groups in total. The van der Waals surface area contributed by atoms with Gasteiger partial charge in [0.05, 0.1) is 6.26 Å². The van der Waals surface area contributed by atoms with Crippen molar-refractivity contribution >= 4 is 11.8 Å². The van der Waals surface area contributed by atoms with Crippen LogP contribution in [0.5, 0.6) is 11.5 Å². The third-order valence-electron chi connectivity index (χ3n) is 7.12. The number of amides is 2. The molecule has 12 nitrogen and oxygen atoms in total. The van der Waals surface area contributed by atoms with E-state index in [2.05, 4.69) is 20.7 Å². The molecular formula is C28H30N6O6. The summed E-state index contributed by atoms with van der Waals surface area (Å²) in [5, 5.41) is 15.6. The molecule has 208 valence electrons. The third-order valence-corrected chi connectivity index (χ3v) is 7.12. The molecule has 4 aromatic rings. The van der Waals surface area contributed by atoms with E-state index >= 15 is 0 Å². The second-order valence-electron chi connectivity index (χ2n) is 10.0. The largest absolute Gasteiger partial charge is 0.467 e. The molecule has 6 rings (SSSR count). The van der Waals surface area contributed by atoms with Gasteiger partial charge in [0.25, 0.3) is 5.91 Å². The molecule has 1 saturated carbocycles. The summed E-state index contributed by atoms with van der Waals surface area (Å²) in [5.41, 5.74) is 0.762. The van der Waals surface area contributed by atoms with Gasteiger partial charge >= 0.3 is 0 Å². The highest BCUT2D eigenvalue weighted by Crippen LogP contribution is 2.34. The molecule has 0 unspecified atom stereocenters. The Morgan fingerprint density at radius 2 is 1.95 bits per heavy atom. The minimum Gasteiger partial charge on any atom is -0.467 e. The van der Waals surface area contributed by atoms with Crippen LogP contribution in [0.4, 0.5) is 0 Å². The summed E-state index contributed by atoms with van der Waals surface area (Å²) in [6.45, 7) is 1.82. The molecule has 3 aromatic heterocycles. The second-order valence-corrected chi connectivity index (χ2v) is 10.0. The smallest absolute Gasteiger partial charge is 0.250 e. The van der Waals surface area contributed by atoms with Crippen LogP contribution in [0, 0.1) is 6.92 Å². The summed E-state index contributed by atoms with van der Waals surface area (Å²) in [7, 11) is 0. The first-order chi connectivity index (χ1) is 19.5. The van der Waals surface area contributed by atoms with Crippen LogP contribution < -0.4 is 14.8 Å². The van der Waals surface area contributed by atoms with Crippen LogP contribution in [0.2, 0.25) is 0 Å². The highest BCUT2D eigenvalue weighted by atomic mass is 16.7. The van der Waals surface area contributed by atoms with E-state index in [1.54, 1.807) is 30.3 Å². The molecule has 1 atom stereocenters. The standard InChI is InChI=1S/C28H30N6O6/c1-18-9-11-23(40-18)27-30-32-34(31-27)16-25(35)33(15-19-10-12-21-24(14-19)39-17-38-21)26(22-8-5-13-37-22)28(36)29-20-6-3-2-4-7-20/h5,8-14,20,26H,2-4,6-7,15-17H2,1H3,(H,29,36)/t26-/m0/s1. The fourth-order valence-corrected chi connectivity index (χ4v) is 5.13. The van der Waals surface area contributed by atoms with Gasteiger partial charge in [-0.1, -0.05) is 25.3 Å². The first-order valence-electron chi connectivity index (χ1n) is 13.4. The number of hydrogen-bond acceptors (Lipinski definition) is 9. The number of benzene rings is 1. The van der Waals surface area contributed by atoms with Crippen molar-refractivity contribution in [3.8, 4) is 23.1 Å². The Morgan fingerprint density at radius 3 is 2.73 bits per heavy atom. The molecule has 1 fully saturated rings. The maximum absolute atomic E-state index is 13.9. The van der Waals surface area contributed by atoms with Crippen molar-refractivity contribution < 1.29 is 27.9 Å². The fraction of sp³-hybridized carbons (Fsp3) is 0.393. The van der Waals surface area contributed by atoms with E-state index in [9.17, 15) is 9.59 Å². The van der Waals surface area contributed by atoms with Crippen molar-refractivity contribution in [3.63, 3.8) is 0 Å². The number of nitrogens with zero attached hydrogens (tertiary/aromatic N) is 5. The molecule has 2 aliphatic rings. The van der Waals surface area contributed by atoms with E-state index in [1.807, 2.05) is 19.1 Å². The minimum absolute atomic E-state index is 0.0532. The molecule has 0 bridgehead atoms. The number of ether oxygens (including phenoxy) is 2. The molecule has 1 aromatic carbocycles. The number of rotatable bonds is 9. The highest BCUT2D eigenvalue weighted by molar-refractivity contribution is 5.88. The van der Waals surface area contributed by atoms with E-state index in [0.29, 0.717) is 28.8 Å². The molecule has 0 radical (unpaired) electrons. The van der Waals surface area contributed by atoms with Gasteiger partial charge in [-0.3, -0.25) is 9.59 Å². The Balaban J connectivity index is 1.30. The molecule has 4 heterocycles. The zero-order valence-electron chi connectivity index (χ0n) is 22.1. The van der Waals surface area contributed by atoms with Gasteiger partial charge in [0.1, 0.15) is 18.1 Å². The van der Waals surface area contributed by atoms with Crippen LogP contribution >= 0.6 is 0 Å². The van der Waals surface area contributed by atoms with Gasteiger partial charge in [-0.05, 0) is 66.9 Å². The summed E-state index contributed by atoms with van der Waals surface area (Å²) in [4.78, 5) is 30.4. The number of carbonyl (C=O) groups excluding carboxylic acids is 2. The Morgan fingerprint density at radius 1 is 1.10 bits per heavy atom. The minimum atomic E-state index is -1.01. The molecule has 40 heavy (non-hydrogen) atoms. The first kappa shape index (κ1) is 25.7. The summed E-state index contributed by atoms with van der Waals surface area (Å²) in [5.74, 6) is 2.32. The van der Waals surface area contributed by atoms with Gasteiger partial charge in [-0.25, -0.2) is 0 Å². The number of fused-ring (bicyclic) bond motifs is 1. The van der Waals surface area contributed by atoms with E-state index in [4.69, 9.17) is 18.3 Å². The summed E-state index contributed by atoms with van der Waals surface area (Å²) in [6.07, 6.45) is 6.59. The van der Waals surface area contributed by atoms with Gasteiger partial charge in [0.15, 0.2) is 23.3 Å². The summed E-state index contributed by atoms with van der Waals surface area (Å²) >= 11 is 0. The SMILES string of the molecule is Cc1ccc(-c2nnn(CC(=O)N(Cc3ccc4c(c3)OCO4)[C@H](C(=O)NC3CCCCC3)c3ccco3)n2)o1. The number of aryl methyl sites for hydroxylation is 1. The van der Waals surface area contributed by atoms with E-state index in [-0.39, 0.29) is 37.7 Å². The van der Waals surface area contributed by atoms with Gasteiger partial charge in [0.2, 0.25) is 18.5 Å². The molecular weight excluding hydrogens is 516 g/mol. The van der Waals surface area contributed by atoms with E-state index in [0.717, 1.165) is 37.7 Å². The van der Waals surface area contributed by atoms with Crippen molar-refractivity contribution in [3.05, 3.63) is 65.8 Å². The maximum atomic E-state index is 13.9. The lowest BCUT2D eigenvalue weighted by Gasteiger charge is -2.32. The van der Waals surface area contributed by atoms with Gasteiger partial charge < -0.3 is 28.5 Å². The lowest BCUT2D eigenvalue weighted by Crippen LogP contribution is -2.47. The molecule has 2 amide bonds. The molecule has 0 spiro atoms. The van der Waals surface area contributed by atoms with Crippen LogP contribution in [0.25, 0.3) is 11.6 Å². The number of aromatic nitrogens is 4. The van der Waals surface area contributed by atoms with E-state index < -0.39 is 11.9 Å². The second kappa shape index (κ2) is 11.2. The Kier molecular flexibility index (Phi) is 7.21. The van der Waals surface area contributed by atoms with Crippen molar-refractivity contribution in [2.24, 2.45) is 0 Å². The molecule has 1 aliphatic heterocycles. The number of hydrogen-bond donors (Lipinski definition) is 1. The lowest BCUT2D eigenvalue weighted by atomic mass is 9.95. The quantitative estimate of drug-likeness (QED) is 0.332. The average Bonchev–Trinajstić information content (AvgIpc) is 3.77. The lowest BCUT2D eigenvalue weighted by molar-refractivity contribution is -0.143. The Labute approximate surface area is 230 Å². The number of carbonyl (C=O) groups is 2. The zero-order valence-corrected chi connectivity index (χ0v) is 22.1. The topological polar surface area (TPSA) is 138 Å². The molecule has 0 saturated heterocycles. The van der Waals surface area contributed by atoms with Crippen LogP contribution in [0.15, 0.2) is 57.6 Å². The molecule has 12 heteroatoms. The van der Waals surface area contributed by atoms with Gasteiger partial charge in [-0.2, -0.15) is 4.80 Å². The first-order valence-corrected chi connectivity index (χ1v) is 13.4.